The van der Waals surface area contributed by atoms with Crippen LogP contribution in [0.5, 0.6) is 11.5 Å². The Morgan fingerprint density at radius 1 is 1.24 bits per heavy atom. The van der Waals surface area contributed by atoms with Crippen LogP contribution in [0, 0.1) is 0 Å². The summed E-state index contributed by atoms with van der Waals surface area (Å²) >= 11 is 0. The van der Waals surface area contributed by atoms with E-state index in [2.05, 4.69) is 5.32 Å². The molecule has 1 aromatic carbocycles. The minimum Gasteiger partial charge on any atom is -0.493 e. The molecular formula is C15H25NO4S. The number of rotatable bonds is 9. The number of methoxy groups -OCH3 is 2. The molecule has 0 aliphatic rings. The van der Waals surface area contributed by atoms with Crippen LogP contribution in [-0.2, 0) is 9.84 Å². The molecule has 1 rings (SSSR count). The molecule has 0 aromatic heterocycles. The molecule has 0 radical (unpaired) electrons. The SMILES string of the molecule is CCNC(CCCS(C)(=O)=O)c1cccc(OC)c1OC. The maximum Gasteiger partial charge on any atom is 0.165 e. The van der Waals surface area contributed by atoms with Crippen LogP contribution in [0.25, 0.3) is 0 Å². The van der Waals surface area contributed by atoms with E-state index >= 15 is 0 Å². The van der Waals surface area contributed by atoms with Gasteiger partial charge in [-0.25, -0.2) is 8.42 Å². The van der Waals surface area contributed by atoms with Gasteiger partial charge >= 0.3 is 0 Å². The van der Waals surface area contributed by atoms with Crippen LogP contribution in [0.15, 0.2) is 18.2 Å². The summed E-state index contributed by atoms with van der Waals surface area (Å²) in [6.07, 6.45) is 2.60. The van der Waals surface area contributed by atoms with E-state index in [0.29, 0.717) is 17.9 Å². The summed E-state index contributed by atoms with van der Waals surface area (Å²) in [4.78, 5) is 0. The monoisotopic (exact) mass is 315 g/mol. The fraction of sp³-hybridized carbons (Fsp3) is 0.600. The Hall–Kier alpha value is -1.27. The molecule has 1 aromatic rings. The zero-order valence-corrected chi connectivity index (χ0v) is 14.0. The molecule has 0 spiro atoms. The average molecular weight is 315 g/mol. The molecule has 0 heterocycles. The summed E-state index contributed by atoms with van der Waals surface area (Å²) in [5.74, 6) is 1.58. The molecule has 0 saturated heterocycles. The highest BCUT2D eigenvalue weighted by atomic mass is 32.2. The average Bonchev–Trinajstić information content (AvgIpc) is 2.44. The Balaban J connectivity index is 2.94. The fourth-order valence-corrected chi connectivity index (χ4v) is 3.04. The van der Waals surface area contributed by atoms with Gasteiger partial charge in [0.05, 0.1) is 14.2 Å². The zero-order valence-electron chi connectivity index (χ0n) is 13.2. The predicted octanol–water partition coefficient (Wildman–Crippen LogP) is 2.18. The summed E-state index contributed by atoms with van der Waals surface area (Å²) in [5, 5.41) is 3.38. The Labute approximate surface area is 127 Å². The van der Waals surface area contributed by atoms with Crippen molar-refractivity contribution in [1.29, 1.82) is 0 Å². The normalized spacial score (nSPS) is 13.0. The first-order chi connectivity index (χ1) is 9.92. The lowest BCUT2D eigenvalue weighted by Crippen LogP contribution is -2.22. The lowest BCUT2D eigenvalue weighted by Gasteiger charge is -2.22. The highest BCUT2D eigenvalue weighted by Gasteiger charge is 2.18. The first-order valence-corrected chi connectivity index (χ1v) is 9.11. The van der Waals surface area contributed by atoms with Crippen LogP contribution in [0.4, 0.5) is 0 Å². The second kappa shape index (κ2) is 8.24. The minimum absolute atomic E-state index is 0.0433. The van der Waals surface area contributed by atoms with Gasteiger partial charge in [0, 0.05) is 23.6 Å². The molecule has 1 atom stereocenters. The summed E-state index contributed by atoms with van der Waals surface area (Å²) in [5.41, 5.74) is 0.993. The first-order valence-electron chi connectivity index (χ1n) is 7.05. The van der Waals surface area contributed by atoms with Crippen LogP contribution in [0.1, 0.15) is 31.4 Å². The third-order valence-corrected chi connectivity index (χ3v) is 4.30. The first kappa shape index (κ1) is 17.8. The molecule has 1 N–H and O–H groups in total. The van der Waals surface area contributed by atoms with E-state index in [1.165, 1.54) is 6.26 Å². The smallest absolute Gasteiger partial charge is 0.165 e. The zero-order chi connectivity index (χ0) is 15.9. The van der Waals surface area contributed by atoms with Gasteiger partial charge in [-0.1, -0.05) is 19.1 Å². The summed E-state index contributed by atoms with van der Waals surface area (Å²) < 4.78 is 33.3. The van der Waals surface area contributed by atoms with Crippen molar-refractivity contribution in [3.05, 3.63) is 23.8 Å². The third kappa shape index (κ3) is 5.55. The maximum absolute atomic E-state index is 11.3. The van der Waals surface area contributed by atoms with Gasteiger partial charge in [0.25, 0.3) is 0 Å². The van der Waals surface area contributed by atoms with Gasteiger partial charge in [0.2, 0.25) is 0 Å². The highest BCUT2D eigenvalue weighted by Crippen LogP contribution is 2.36. The van der Waals surface area contributed by atoms with Crippen molar-refractivity contribution in [2.24, 2.45) is 0 Å². The maximum atomic E-state index is 11.3. The van der Waals surface area contributed by atoms with Crippen molar-refractivity contribution in [3.8, 4) is 11.5 Å². The summed E-state index contributed by atoms with van der Waals surface area (Å²) in [6.45, 7) is 2.82. The topological polar surface area (TPSA) is 64.6 Å². The number of benzene rings is 1. The molecular weight excluding hydrogens is 290 g/mol. The van der Waals surface area contributed by atoms with Crippen molar-refractivity contribution in [2.75, 3.05) is 32.8 Å². The van der Waals surface area contributed by atoms with Crippen molar-refractivity contribution in [1.82, 2.24) is 5.32 Å². The Kier molecular flexibility index (Phi) is 6.98. The lowest BCUT2D eigenvalue weighted by molar-refractivity contribution is 0.345. The quantitative estimate of drug-likeness (QED) is 0.756. The molecule has 0 saturated carbocycles. The Morgan fingerprint density at radius 2 is 1.95 bits per heavy atom. The summed E-state index contributed by atoms with van der Waals surface area (Å²) in [7, 11) is 0.288. The van der Waals surface area contributed by atoms with Crippen molar-refractivity contribution in [3.63, 3.8) is 0 Å². The predicted molar refractivity (Wildman–Crippen MR) is 84.9 cm³/mol. The van der Waals surface area contributed by atoms with Gasteiger partial charge in [-0.2, -0.15) is 0 Å². The van der Waals surface area contributed by atoms with E-state index in [9.17, 15) is 8.42 Å². The van der Waals surface area contributed by atoms with Crippen molar-refractivity contribution >= 4 is 9.84 Å². The number of hydrogen-bond acceptors (Lipinski definition) is 5. The molecule has 21 heavy (non-hydrogen) atoms. The van der Waals surface area contributed by atoms with Gasteiger partial charge in [0.15, 0.2) is 11.5 Å². The van der Waals surface area contributed by atoms with E-state index in [4.69, 9.17) is 9.47 Å². The van der Waals surface area contributed by atoms with E-state index in [1.54, 1.807) is 14.2 Å². The lowest BCUT2D eigenvalue weighted by atomic mass is 10.0. The van der Waals surface area contributed by atoms with Gasteiger partial charge in [-0.3, -0.25) is 0 Å². The fourth-order valence-electron chi connectivity index (χ4n) is 2.35. The molecule has 0 aliphatic carbocycles. The Bertz CT molecular complexity index is 543. The standard InChI is InChI=1S/C15H25NO4S/c1-5-16-13(9-7-11-21(4,17)18)12-8-6-10-14(19-2)15(12)20-3/h6,8,10,13,16H,5,7,9,11H2,1-4H3. The van der Waals surface area contributed by atoms with Gasteiger partial charge < -0.3 is 14.8 Å². The van der Waals surface area contributed by atoms with Gasteiger partial charge in [-0.15, -0.1) is 0 Å². The Morgan fingerprint density at radius 3 is 2.48 bits per heavy atom. The molecule has 120 valence electrons. The number of hydrogen-bond donors (Lipinski definition) is 1. The van der Waals surface area contributed by atoms with E-state index in [1.807, 2.05) is 25.1 Å². The highest BCUT2D eigenvalue weighted by molar-refractivity contribution is 7.90. The molecule has 1 unspecified atom stereocenters. The number of nitrogens with one attached hydrogen (secondary N) is 1. The number of ether oxygens (including phenoxy) is 2. The molecule has 0 fully saturated rings. The molecule has 6 heteroatoms. The number of sulfone groups is 1. The van der Waals surface area contributed by atoms with E-state index in [-0.39, 0.29) is 11.8 Å². The molecule has 0 amide bonds. The molecule has 5 nitrogen and oxygen atoms in total. The second-order valence-electron chi connectivity index (χ2n) is 4.97. The van der Waals surface area contributed by atoms with E-state index < -0.39 is 9.84 Å². The van der Waals surface area contributed by atoms with Crippen LogP contribution in [0.3, 0.4) is 0 Å². The third-order valence-electron chi connectivity index (χ3n) is 3.27. The largest absolute Gasteiger partial charge is 0.493 e. The second-order valence-corrected chi connectivity index (χ2v) is 7.22. The van der Waals surface area contributed by atoms with Crippen LogP contribution < -0.4 is 14.8 Å². The molecule has 0 aliphatic heterocycles. The van der Waals surface area contributed by atoms with E-state index in [0.717, 1.165) is 18.5 Å². The van der Waals surface area contributed by atoms with Crippen LogP contribution in [0.2, 0.25) is 0 Å². The van der Waals surface area contributed by atoms with Crippen molar-refractivity contribution < 1.29 is 17.9 Å². The molecule has 0 bridgehead atoms. The van der Waals surface area contributed by atoms with Crippen LogP contribution >= 0.6 is 0 Å². The number of para-hydroxylation sites is 1. The summed E-state index contributed by atoms with van der Waals surface area (Å²) in [6, 6.07) is 5.79. The van der Waals surface area contributed by atoms with Gasteiger partial charge in [0.1, 0.15) is 9.84 Å². The van der Waals surface area contributed by atoms with Gasteiger partial charge in [-0.05, 0) is 25.5 Å². The minimum atomic E-state index is -2.93. The van der Waals surface area contributed by atoms with Crippen LogP contribution in [-0.4, -0.2) is 41.2 Å². The van der Waals surface area contributed by atoms with Crippen molar-refractivity contribution in [2.45, 2.75) is 25.8 Å².